The van der Waals surface area contributed by atoms with Crippen LogP contribution in [0, 0.1) is 11.7 Å². The zero-order valence-electron chi connectivity index (χ0n) is 16.8. The van der Waals surface area contributed by atoms with E-state index < -0.39 is 5.60 Å². The van der Waals surface area contributed by atoms with Gasteiger partial charge in [-0.05, 0) is 55.2 Å². The maximum Gasteiger partial charge on any atom is 0.310 e. The zero-order valence-corrected chi connectivity index (χ0v) is 16.8. The number of halogens is 1. The molecule has 6 heteroatoms. The molecule has 0 saturated carbocycles. The van der Waals surface area contributed by atoms with Gasteiger partial charge in [0, 0.05) is 37.9 Å². The molecule has 1 fully saturated rings. The van der Waals surface area contributed by atoms with Crippen LogP contribution in [0.5, 0.6) is 0 Å². The van der Waals surface area contributed by atoms with Gasteiger partial charge in [-0.25, -0.2) is 4.39 Å². The summed E-state index contributed by atoms with van der Waals surface area (Å²) in [7, 11) is 0. The van der Waals surface area contributed by atoms with Crippen LogP contribution in [0.15, 0.2) is 42.6 Å². The summed E-state index contributed by atoms with van der Waals surface area (Å²) < 4.78 is 25.3. The van der Waals surface area contributed by atoms with Crippen LogP contribution in [0.4, 0.5) is 4.39 Å². The number of esters is 1. The molecule has 29 heavy (non-hydrogen) atoms. The average Bonchev–Trinajstić information content (AvgIpc) is 3.07. The third-order valence-corrected chi connectivity index (χ3v) is 6.01. The maximum atomic E-state index is 13.8. The molecule has 2 aromatic rings. The number of hydrogen-bond donors (Lipinski definition) is 0. The molecule has 0 radical (unpaired) electrons. The molecule has 0 N–H and O–H groups in total. The van der Waals surface area contributed by atoms with Gasteiger partial charge in [0.2, 0.25) is 0 Å². The predicted octanol–water partition coefficient (Wildman–Crippen LogP) is 3.46. The number of fused-ring (bicyclic) bond motifs is 2. The highest BCUT2D eigenvalue weighted by molar-refractivity contribution is 5.73. The average molecular weight is 398 g/mol. The summed E-state index contributed by atoms with van der Waals surface area (Å²) in [5, 5.41) is 0. The van der Waals surface area contributed by atoms with Gasteiger partial charge < -0.3 is 14.4 Å². The van der Waals surface area contributed by atoms with Crippen LogP contribution in [0.2, 0.25) is 0 Å². The fourth-order valence-electron chi connectivity index (χ4n) is 4.47. The van der Waals surface area contributed by atoms with Crippen LogP contribution < -0.4 is 0 Å². The molecule has 154 valence electrons. The first-order chi connectivity index (χ1) is 14.1. The fourth-order valence-corrected chi connectivity index (χ4v) is 4.47. The van der Waals surface area contributed by atoms with Gasteiger partial charge in [0.1, 0.15) is 5.82 Å². The minimum Gasteiger partial charge on any atom is -0.466 e. The van der Waals surface area contributed by atoms with Crippen LogP contribution in [-0.2, 0) is 32.9 Å². The molecule has 1 spiro atoms. The topological polar surface area (TPSA) is 51.7 Å². The van der Waals surface area contributed by atoms with E-state index in [9.17, 15) is 9.18 Å². The number of pyridine rings is 1. The van der Waals surface area contributed by atoms with Crippen molar-refractivity contribution in [3.63, 3.8) is 0 Å². The number of likely N-dealkylation sites (tertiary alicyclic amines) is 1. The largest absolute Gasteiger partial charge is 0.466 e. The summed E-state index contributed by atoms with van der Waals surface area (Å²) in [4.78, 5) is 19.2. The van der Waals surface area contributed by atoms with E-state index in [1.807, 2.05) is 31.2 Å². The Kier molecular flexibility index (Phi) is 5.92. The van der Waals surface area contributed by atoms with Crippen molar-refractivity contribution in [1.82, 2.24) is 9.88 Å². The monoisotopic (exact) mass is 398 g/mol. The third kappa shape index (κ3) is 4.33. The van der Waals surface area contributed by atoms with Crippen LogP contribution in [0.1, 0.15) is 36.6 Å². The highest BCUT2D eigenvalue weighted by Gasteiger charge is 2.43. The minimum absolute atomic E-state index is 0.178. The number of hydrogen-bond acceptors (Lipinski definition) is 5. The second-order valence-corrected chi connectivity index (χ2v) is 7.86. The van der Waals surface area contributed by atoms with E-state index >= 15 is 0 Å². The van der Waals surface area contributed by atoms with Gasteiger partial charge in [0.05, 0.1) is 24.7 Å². The van der Waals surface area contributed by atoms with Crippen LogP contribution in [0.3, 0.4) is 0 Å². The Hall–Kier alpha value is -2.31. The standard InChI is InChI=1S/C23H27FN2O3/c1-2-28-22(27)18(13-20-5-3-4-10-25-20)15-26-11-8-23(9-12-26)21-14-19(24)7-6-17(21)16-29-23/h3-7,10,14,18H,2,8-9,11-13,15-16H2,1H3. The molecule has 0 bridgehead atoms. The molecule has 1 atom stereocenters. The van der Waals surface area contributed by atoms with Gasteiger partial charge in [0.15, 0.2) is 0 Å². The smallest absolute Gasteiger partial charge is 0.310 e. The van der Waals surface area contributed by atoms with E-state index in [1.165, 1.54) is 6.07 Å². The SMILES string of the molecule is CCOC(=O)C(Cc1ccccn1)CN1CCC2(CC1)OCc1ccc(F)cc12. The molecule has 1 aromatic carbocycles. The molecule has 1 aromatic heterocycles. The Morgan fingerprint density at radius 3 is 2.86 bits per heavy atom. The van der Waals surface area contributed by atoms with Crippen LogP contribution in [-0.4, -0.2) is 42.1 Å². The molecule has 4 rings (SSSR count). The molecule has 0 amide bonds. The van der Waals surface area contributed by atoms with Gasteiger partial charge in [0.25, 0.3) is 0 Å². The quantitative estimate of drug-likeness (QED) is 0.698. The number of rotatable bonds is 6. The number of aromatic nitrogens is 1. The number of benzene rings is 1. The summed E-state index contributed by atoms with van der Waals surface area (Å²) in [5.41, 5.74) is 2.57. The summed E-state index contributed by atoms with van der Waals surface area (Å²) in [6.45, 7) is 4.97. The Labute approximate surface area is 170 Å². The van der Waals surface area contributed by atoms with Crippen molar-refractivity contribution in [2.75, 3.05) is 26.2 Å². The third-order valence-electron chi connectivity index (χ3n) is 6.01. The zero-order chi connectivity index (χ0) is 20.3. The van der Waals surface area contributed by atoms with E-state index in [0.717, 1.165) is 42.8 Å². The van der Waals surface area contributed by atoms with Crippen molar-refractivity contribution in [1.29, 1.82) is 0 Å². The summed E-state index contributed by atoms with van der Waals surface area (Å²) in [6, 6.07) is 10.7. The molecule has 2 aliphatic rings. The molecule has 5 nitrogen and oxygen atoms in total. The number of ether oxygens (including phenoxy) is 2. The summed E-state index contributed by atoms with van der Waals surface area (Å²) in [6.07, 6.45) is 3.90. The maximum absolute atomic E-state index is 13.8. The molecule has 1 unspecified atom stereocenters. The van der Waals surface area contributed by atoms with Crippen LogP contribution >= 0.6 is 0 Å². The second-order valence-electron chi connectivity index (χ2n) is 7.86. The molecular weight excluding hydrogens is 371 g/mol. The number of carbonyl (C=O) groups excluding carboxylic acids is 1. The van der Waals surface area contributed by atoms with Gasteiger partial charge in [-0.15, -0.1) is 0 Å². The minimum atomic E-state index is -0.395. The van der Waals surface area contributed by atoms with Crippen molar-refractivity contribution in [3.8, 4) is 0 Å². The molecule has 2 aliphatic heterocycles. The summed E-state index contributed by atoms with van der Waals surface area (Å²) in [5.74, 6) is -0.648. The highest BCUT2D eigenvalue weighted by Crippen LogP contribution is 2.44. The Morgan fingerprint density at radius 2 is 2.14 bits per heavy atom. The first-order valence-electron chi connectivity index (χ1n) is 10.3. The highest BCUT2D eigenvalue weighted by atomic mass is 19.1. The van der Waals surface area contributed by atoms with Gasteiger partial charge in [-0.1, -0.05) is 12.1 Å². The fraction of sp³-hybridized carbons (Fsp3) is 0.478. The lowest BCUT2D eigenvalue weighted by Crippen LogP contribution is -2.45. The Bertz CT molecular complexity index is 850. The number of piperidine rings is 1. The lowest BCUT2D eigenvalue weighted by molar-refractivity contribution is -0.149. The summed E-state index contributed by atoms with van der Waals surface area (Å²) >= 11 is 0. The van der Waals surface area contributed by atoms with E-state index in [1.54, 1.807) is 12.3 Å². The predicted molar refractivity (Wildman–Crippen MR) is 107 cm³/mol. The first-order valence-corrected chi connectivity index (χ1v) is 10.3. The van der Waals surface area contributed by atoms with Gasteiger partial charge in [-0.2, -0.15) is 0 Å². The lowest BCUT2D eigenvalue weighted by atomic mass is 9.83. The molecule has 1 saturated heterocycles. The number of nitrogens with zero attached hydrogens (tertiary/aromatic N) is 2. The van der Waals surface area contributed by atoms with Crippen molar-refractivity contribution in [2.24, 2.45) is 5.92 Å². The van der Waals surface area contributed by atoms with Gasteiger partial charge >= 0.3 is 5.97 Å². The molecule has 3 heterocycles. The molecule has 0 aliphatic carbocycles. The Balaban J connectivity index is 1.42. The lowest BCUT2D eigenvalue weighted by Gasteiger charge is -2.40. The van der Waals surface area contributed by atoms with Gasteiger partial charge in [-0.3, -0.25) is 9.78 Å². The van der Waals surface area contributed by atoms with Crippen molar-refractivity contribution in [2.45, 2.75) is 38.4 Å². The van der Waals surface area contributed by atoms with Crippen molar-refractivity contribution in [3.05, 3.63) is 65.2 Å². The van der Waals surface area contributed by atoms with E-state index in [2.05, 4.69) is 9.88 Å². The second kappa shape index (κ2) is 8.59. The van der Waals surface area contributed by atoms with Crippen molar-refractivity contribution >= 4 is 5.97 Å². The number of carbonyl (C=O) groups is 1. The Morgan fingerprint density at radius 1 is 1.31 bits per heavy atom. The van der Waals surface area contributed by atoms with E-state index in [-0.39, 0.29) is 17.7 Å². The van der Waals surface area contributed by atoms with E-state index in [4.69, 9.17) is 9.47 Å². The molecular formula is C23H27FN2O3. The normalized spacial score (nSPS) is 19.1. The first kappa shape index (κ1) is 20.0. The van der Waals surface area contributed by atoms with E-state index in [0.29, 0.717) is 26.2 Å². The van der Waals surface area contributed by atoms with Crippen molar-refractivity contribution < 1.29 is 18.7 Å². The van der Waals surface area contributed by atoms with Crippen LogP contribution in [0.25, 0.3) is 0 Å².